The van der Waals surface area contributed by atoms with E-state index in [1.54, 1.807) is 0 Å². The highest BCUT2D eigenvalue weighted by atomic mass is 16.6. The zero-order valence-electron chi connectivity index (χ0n) is 12.3. The number of nitro groups is 1. The smallest absolute Gasteiger partial charge is 0.338 e. The molecule has 0 radical (unpaired) electrons. The van der Waals surface area contributed by atoms with E-state index in [0.29, 0.717) is 13.0 Å². The van der Waals surface area contributed by atoms with Crippen molar-refractivity contribution in [2.24, 2.45) is 0 Å². The number of urea groups is 1. The van der Waals surface area contributed by atoms with Crippen molar-refractivity contribution in [3.05, 3.63) is 33.9 Å². The first-order chi connectivity index (χ1) is 10.8. The molecule has 10 heteroatoms. The van der Waals surface area contributed by atoms with E-state index in [1.807, 2.05) is 12.2 Å². The van der Waals surface area contributed by atoms with Gasteiger partial charge in [-0.25, -0.2) is 9.59 Å². The van der Waals surface area contributed by atoms with Gasteiger partial charge in [-0.1, -0.05) is 6.92 Å². The van der Waals surface area contributed by atoms with E-state index in [-0.39, 0.29) is 11.3 Å². The summed E-state index contributed by atoms with van der Waals surface area (Å²) in [5, 5.41) is 15.1. The molecule has 0 saturated carbocycles. The van der Waals surface area contributed by atoms with Crippen LogP contribution in [0.3, 0.4) is 0 Å². The molecule has 0 spiro atoms. The lowest BCUT2D eigenvalue weighted by atomic mass is 10.2. The van der Waals surface area contributed by atoms with Gasteiger partial charge >= 0.3 is 12.0 Å². The van der Waals surface area contributed by atoms with E-state index >= 15 is 0 Å². The van der Waals surface area contributed by atoms with E-state index < -0.39 is 35.1 Å². The molecule has 0 aliphatic carbocycles. The first-order valence-corrected chi connectivity index (χ1v) is 6.63. The number of carbonyl (C=O) groups excluding carboxylic acids is 3. The molecule has 0 aliphatic rings. The van der Waals surface area contributed by atoms with Crippen LogP contribution in [-0.4, -0.2) is 36.0 Å². The number of nitro benzene ring substituents is 1. The average molecular weight is 324 g/mol. The average Bonchev–Trinajstić information content (AvgIpc) is 2.50. The first kappa shape index (κ1) is 17.9. The Labute approximate surface area is 131 Å². The summed E-state index contributed by atoms with van der Waals surface area (Å²) < 4.78 is 4.68. The highest BCUT2D eigenvalue weighted by Gasteiger charge is 2.17. The van der Waals surface area contributed by atoms with Crippen molar-refractivity contribution in [1.82, 2.24) is 10.6 Å². The minimum atomic E-state index is -0.947. The van der Waals surface area contributed by atoms with Crippen LogP contribution in [0.25, 0.3) is 0 Å². The van der Waals surface area contributed by atoms with Gasteiger partial charge < -0.3 is 15.8 Å². The van der Waals surface area contributed by atoms with Crippen molar-refractivity contribution in [2.75, 3.05) is 18.9 Å². The molecular weight excluding hydrogens is 308 g/mol. The van der Waals surface area contributed by atoms with E-state index in [1.165, 1.54) is 12.1 Å². The number of amides is 3. The van der Waals surface area contributed by atoms with Gasteiger partial charge in [0.05, 0.1) is 10.5 Å². The molecule has 0 heterocycles. The molecule has 1 aromatic carbocycles. The molecule has 4 N–H and O–H groups in total. The van der Waals surface area contributed by atoms with Crippen LogP contribution >= 0.6 is 0 Å². The molecule has 1 aromatic rings. The third-order valence-corrected chi connectivity index (χ3v) is 2.59. The maximum absolute atomic E-state index is 11.7. The molecule has 3 amide bonds. The topological polar surface area (TPSA) is 154 Å². The fourth-order valence-corrected chi connectivity index (χ4v) is 1.49. The summed E-state index contributed by atoms with van der Waals surface area (Å²) in [5.74, 6) is -1.77. The summed E-state index contributed by atoms with van der Waals surface area (Å²) in [4.78, 5) is 44.3. The number of hydrogen-bond acceptors (Lipinski definition) is 7. The Morgan fingerprint density at radius 2 is 2.04 bits per heavy atom. The number of ether oxygens (including phenoxy) is 1. The van der Waals surface area contributed by atoms with Gasteiger partial charge in [-0.3, -0.25) is 20.2 Å². The van der Waals surface area contributed by atoms with Gasteiger partial charge in [-0.2, -0.15) is 0 Å². The minimum absolute atomic E-state index is 0.100. The lowest BCUT2D eigenvalue weighted by molar-refractivity contribution is -0.383. The molecule has 124 valence electrons. The molecule has 23 heavy (non-hydrogen) atoms. The number of benzene rings is 1. The molecule has 0 aromatic heterocycles. The second-order valence-electron chi connectivity index (χ2n) is 4.41. The van der Waals surface area contributed by atoms with Crippen LogP contribution in [0.5, 0.6) is 0 Å². The number of carbonyl (C=O) groups is 3. The van der Waals surface area contributed by atoms with Gasteiger partial charge in [-0.15, -0.1) is 0 Å². The molecule has 0 aliphatic heterocycles. The van der Waals surface area contributed by atoms with E-state index in [4.69, 9.17) is 5.73 Å². The number of nitrogen functional groups attached to an aromatic ring is 1. The number of nitrogens with zero attached hydrogens (tertiary/aromatic N) is 1. The van der Waals surface area contributed by atoms with Crippen LogP contribution in [0.1, 0.15) is 23.7 Å². The van der Waals surface area contributed by atoms with Crippen LogP contribution in [0.4, 0.5) is 16.2 Å². The van der Waals surface area contributed by atoms with Gasteiger partial charge in [0.25, 0.3) is 11.6 Å². The summed E-state index contributed by atoms with van der Waals surface area (Å²) >= 11 is 0. The van der Waals surface area contributed by atoms with Crippen molar-refractivity contribution in [3.8, 4) is 0 Å². The summed E-state index contributed by atoms with van der Waals surface area (Å²) in [6, 6.07) is 2.67. The molecule has 0 unspecified atom stereocenters. The highest BCUT2D eigenvalue weighted by molar-refractivity contribution is 5.97. The summed E-state index contributed by atoms with van der Waals surface area (Å²) in [5.41, 5.74) is 4.73. The minimum Gasteiger partial charge on any atom is -0.452 e. The van der Waals surface area contributed by atoms with Crippen LogP contribution < -0.4 is 16.4 Å². The van der Waals surface area contributed by atoms with Gasteiger partial charge in [-0.05, 0) is 18.6 Å². The lowest BCUT2D eigenvalue weighted by Gasteiger charge is -2.07. The van der Waals surface area contributed by atoms with E-state index in [9.17, 15) is 24.5 Å². The van der Waals surface area contributed by atoms with Gasteiger partial charge in [0, 0.05) is 12.6 Å². The van der Waals surface area contributed by atoms with Crippen molar-refractivity contribution >= 4 is 29.3 Å². The van der Waals surface area contributed by atoms with Crippen molar-refractivity contribution in [3.63, 3.8) is 0 Å². The lowest BCUT2D eigenvalue weighted by Crippen LogP contribution is -2.41. The molecular formula is C13H16N4O6. The Bertz CT molecular complexity index is 631. The SMILES string of the molecule is CCCNC(=O)NC(=O)COC(=O)c1ccc(N)c([N+](=O)[O-])c1. The van der Waals surface area contributed by atoms with E-state index in [2.05, 4.69) is 10.1 Å². The van der Waals surface area contributed by atoms with Gasteiger partial charge in [0.15, 0.2) is 6.61 Å². The van der Waals surface area contributed by atoms with Crippen LogP contribution in [0, 0.1) is 10.1 Å². The fraction of sp³-hybridized carbons (Fsp3) is 0.308. The second-order valence-corrected chi connectivity index (χ2v) is 4.41. The summed E-state index contributed by atoms with van der Waals surface area (Å²) in [7, 11) is 0. The number of imide groups is 1. The monoisotopic (exact) mass is 324 g/mol. The maximum atomic E-state index is 11.7. The maximum Gasteiger partial charge on any atom is 0.338 e. The molecule has 0 atom stereocenters. The Balaban J connectivity index is 2.57. The third kappa shape index (κ3) is 5.61. The predicted molar refractivity (Wildman–Crippen MR) is 79.6 cm³/mol. The number of anilines is 1. The largest absolute Gasteiger partial charge is 0.452 e. The van der Waals surface area contributed by atoms with Crippen molar-refractivity contribution in [1.29, 1.82) is 0 Å². The number of nitrogens with two attached hydrogens (primary N) is 1. The summed E-state index contributed by atoms with van der Waals surface area (Å²) in [6.45, 7) is 1.54. The van der Waals surface area contributed by atoms with Crippen molar-refractivity contribution < 1.29 is 24.0 Å². The van der Waals surface area contributed by atoms with Crippen LogP contribution in [0.15, 0.2) is 18.2 Å². The Kier molecular flexibility index (Phi) is 6.46. The van der Waals surface area contributed by atoms with Gasteiger partial charge in [0.1, 0.15) is 5.69 Å². The fourth-order valence-electron chi connectivity index (χ4n) is 1.49. The predicted octanol–water partition coefficient (Wildman–Crippen LogP) is 0.570. The third-order valence-electron chi connectivity index (χ3n) is 2.59. The molecule has 0 saturated heterocycles. The highest BCUT2D eigenvalue weighted by Crippen LogP contribution is 2.22. The van der Waals surface area contributed by atoms with E-state index in [0.717, 1.165) is 6.07 Å². The molecule has 0 bridgehead atoms. The number of esters is 1. The normalized spacial score (nSPS) is 9.78. The number of nitrogens with one attached hydrogen (secondary N) is 2. The zero-order valence-corrected chi connectivity index (χ0v) is 12.3. The zero-order chi connectivity index (χ0) is 17.4. The van der Waals surface area contributed by atoms with Crippen LogP contribution in [0.2, 0.25) is 0 Å². The Morgan fingerprint density at radius 3 is 2.65 bits per heavy atom. The quantitative estimate of drug-likeness (QED) is 0.299. The second kappa shape index (κ2) is 8.32. The number of hydrogen-bond donors (Lipinski definition) is 3. The molecule has 10 nitrogen and oxygen atoms in total. The molecule has 1 rings (SSSR count). The Hall–Kier alpha value is -3.17. The number of rotatable bonds is 6. The standard InChI is InChI=1S/C13H16N4O6/c1-2-5-15-13(20)16-11(18)7-23-12(19)8-3-4-9(14)10(6-8)17(21)22/h3-4,6H,2,5,7,14H2,1H3,(H2,15,16,18,20). The van der Waals surface area contributed by atoms with Gasteiger partial charge in [0.2, 0.25) is 0 Å². The Morgan fingerprint density at radius 1 is 1.35 bits per heavy atom. The van der Waals surface area contributed by atoms with Crippen LogP contribution in [-0.2, 0) is 9.53 Å². The molecule has 0 fully saturated rings. The summed E-state index contributed by atoms with van der Waals surface area (Å²) in [6.07, 6.45) is 0.701. The first-order valence-electron chi connectivity index (χ1n) is 6.63. The van der Waals surface area contributed by atoms with Crippen molar-refractivity contribution in [2.45, 2.75) is 13.3 Å².